The van der Waals surface area contributed by atoms with E-state index in [0.717, 1.165) is 0 Å². The first kappa shape index (κ1) is 22.8. The number of rotatable bonds is 6. The van der Waals surface area contributed by atoms with Crippen molar-refractivity contribution in [2.45, 2.75) is 61.9 Å². The average molecular weight is 461 g/mol. The summed E-state index contributed by atoms with van der Waals surface area (Å²) in [5, 5.41) is 0. The molecule has 0 amide bonds. The summed E-state index contributed by atoms with van der Waals surface area (Å²) in [5.74, 6) is -1.88. The van der Waals surface area contributed by atoms with Crippen molar-refractivity contribution in [3.05, 3.63) is 60.7 Å². The van der Waals surface area contributed by atoms with Crippen LogP contribution in [0.25, 0.3) is 0 Å². The summed E-state index contributed by atoms with van der Waals surface area (Å²) in [7, 11) is -3.62. The summed E-state index contributed by atoms with van der Waals surface area (Å²) < 4.78 is 38.1. The van der Waals surface area contributed by atoms with Gasteiger partial charge in [-0.25, -0.2) is 13.3 Å². The van der Waals surface area contributed by atoms with E-state index in [1.165, 1.54) is 6.92 Å². The maximum Gasteiger partial charge on any atom is 0.305 e. The Kier molecular flexibility index (Phi) is 5.81. The van der Waals surface area contributed by atoms with Gasteiger partial charge in [-0.1, -0.05) is 36.4 Å². The summed E-state index contributed by atoms with van der Waals surface area (Å²) in [5.41, 5.74) is -2.12. The van der Waals surface area contributed by atoms with Gasteiger partial charge in [0.2, 0.25) is 0 Å². The standard InChI is InChI=1S/C24H28O7S/c1-18(25)28-24-16-19(14-15-23(24,3)29-20-10-6-4-7-11-20)22(2,30-31-24)17-32(26,27)21-12-8-5-9-13-21/h4-13,19H,14-17H2,1-3H3/t19-,22+,23-,24-/m1/s1. The molecule has 8 heteroatoms. The van der Waals surface area contributed by atoms with Gasteiger partial charge >= 0.3 is 5.97 Å². The highest BCUT2D eigenvalue weighted by atomic mass is 32.2. The van der Waals surface area contributed by atoms with E-state index in [0.29, 0.717) is 18.6 Å². The van der Waals surface area contributed by atoms with Crippen LogP contribution in [0.4, 0.5) is 0 Å². The normalized spacial score (nSPS) is 32.2. The molecule has 172 valence electrons. The van der Waals surface area contributed by atoms with Gasteiger partial charge < -0.3 is 9.47 Å². The Morgan fingerprint density at radius 1 is 1.03 bits per heavy atom. The van der Waals surface area contributed by atoms with Crippen LogP contribution in [0.5, 0.6) is 5.75 Å². The van der Waals surface area contributed by atoms with E-state index >= 15 is 0 Å². The predicted molar refractivity (Wildman–Crippen MR) is 116 cm³/mol. The number of para-hydroxylation sites is 1. The van der Waals surface area contributed by atoms with Gasteiger partial charge in [0, 0.05) is 13.3 Å². The quantitative estimate of drug-likeness (QED) is 0.474. The highest BCUT2D eigenvalue weighted by Crippen LogP contribution is 2.53. The van der Waals surface area contributed by atoms with E-state index in [2.05, 4.69) is 0 Å². The average Bonchev–Trinajstić information content (AvgIpc) is 2.74. The molecular formula is C24H28O7S. The fourth-order valence-electron chi connectivity index (χ4n) is 4.66. The number of esters is 1. The molecule has 1 aliphatic carbocycles. The first-order valence-corrected chi connectivity index (χ1v) is 12.3. The first-order chi connectivity index (χ1) is 15.1. The number of fused-ring (bicyclic) bond motifs is 2. The molecule has 1 saturated heterocycles. The molecule has 32 heavy (non-hydrogen) atoms. The minimum atomic E-state index is -3.62. The lowest BCUT2D eigenvalue weighted by Crippen LogP contribution is -2.69. The molecule has 0 spiro atoms. The van der Waals surface area contributed by atoms with Crippen molar-refractivity contribution in [3.8, 4) is 5.75 Å². The van der Waals surface area contributed by atoms with Gasteiger partial charge in [0.25, 0.3) is 5.79 Å². The molecule has 0 aromatic heterocycles. The van der Waals surface area contributed by atoms with Crippen molar-refractivity contribution >= 4 is 15.8 Å². The molecule has 2 fully saturated rings. The number of hydrogen-bond donors (Lipinski definition) is 0. The van der Waals surface area contributed by atoms with Gasteiger partial charge in [-0.05, 0) is 56.9 Å². The number of ether oxygens (including phenoxy) is 2. The molecule has 7 nitrogen and oxygen atoms in total. The fourth-order valence-corrected chi connectivity index (χ4v) is 6.44. The summed E-state index contributed by atoms with van der Waals surface area (Å²) in [6.07, 6.45) is 1.37. The molecule has 2 aromatic rings. The number of carbonyl (C=O) groups excluding carboxylic acids is 1. The third-order valence-corrected chi connectivity index (χ3v) is 8.44. The molecule has 2 aromatic carbocycles. The summed E-state index contributed by atoms with van der Waals surface area (Å²) in [6.45, 7) is 4.86. The van der Waals surface area contributed by atoms with Gasteiger partial charge in [0.1, 0.15) is 11.4 Å². The second-order valence-corrected chi connectivity index (χ2v) is 11.0. The maximum atomic E-state index is 13.0. The van der Waals surface area contributed by atoms with E-state index in [9.17, 15) is 13.2 Å². The Morgan fingerprint density at radius 2 is 1.66 bits per heavy atom. The lowest BCUT2D eigenvalue weighted by Gasteiger charge is -2.57. The molecule has 0 radical (unpaired) electrons. The van der Waals surface area contributed by atoms with Crippen LogP contribution in [0, 0.1) is 5.92 Å². The Morgan fingerprint density at radius 3 is 2.28 bits per heavy atom. The molecule has 1 saturated carbocycles. The summed E-state index contributed by atoms with van der Waals surface area (Å²) in [4.78, 5) is 23.8. The van der Waals surface area contributed by atoms with Crippen LogP contribution in [0.1, 0.15) is 40.0 Å². The Balaban J connectivity index is 1.62. The molecule has 2 bridgehead atoms. The van der Waals surface area contributed by atoms with Crippen molar-refractivity contribution < 1.29 is 32.5 Å². The van der Waals surface area contributed by atoms with Crippen LogP contribution in [-0.2, 0) is 29.1 Å². The Labute approximate surface area is 188 Å². The highest BCUT2D eigenvalue weighted by molar-refractivity contribution is 7.91. The minimum absolute atomic E-state index is 0.221. The molecule has 4 atom stereocenters. The number of carbonyl (C=O) groups is 1. The predicted octanol–water partition coefficient (Wildman–Crippen LogP) is 4.08. The van der Waals surface area contributed by atoms with Crippen molar-refractivity contribution in [3.63, 3.8) is 0 Å². The summed E-state index contributed by atoms with van der Waals surface area (Å²) >= 11 is 0. The third-order valence-electron chi connectivity index (χ3n) is 6.49. The van der Waals surface area contributed by atoms with Crippen LogP contribution in [0.3, 0.4) is 0 Å². The number of sulfone groups is 1. The van der Waals surface area contributed by atoms with Gasteiger partial charge in [0.15, 0.2) is 15.4 Å². The first-order valence-electron chi connectivity index (χ1n) is 10.7. The smallest absolute Gasteiger partial charge is 0.305 e. The lowest BCUT2D eigenvalue weighted by atomic mass is 9.68. The highest BCUT2D eigenvalue weighted by Gasteiger charge is 2.66. The van der Waals surface area contributed by atoms with Crippen LogP contribution < -0.4 is 4.74 Å². The fraction of sp³-hybridized carbons (Fsp3) is 0.458. The molecular weight excluding hydrogens is 432 g/mol. The van der Waals surface area contributed by atoms with Crippen LogP contribution in [0.15, 0.2) is 65.6 Å². The van der Waals surface area contributed by atoms with Crippen molar-refractivity contribution in [1.29, 1.82) is 0 Å². The molecule has 0 N–H and O–H groups in total. The molecule has 4 rings (SSSR count). The van der Waals surface area contributed by atoms with Gasteiger partial charge in [-0.2, -0.15) is 4.89 Å². The topological polar surface area (TPSA) is 88.1 Å². The Bertz CT molecular complexity index is 1070. The second kappa shape index (κ2) is 8.17. The molecule has 0 unspecified atom stereocenters. The number of benzene rings is 2. The third kappa shape index (κ3) is 4.14. The van der Waals surface area contributed by atoms with Crippen molar-refractivity contribution in [1.82, 2.24) is 0 Å². The van der Waals surface area contributed by atoms with Crippen LogP contribution >= 0.6 is 0 Å². The van der Waals surface area contributed by atoms with Gasteiger partial charge in [0.05, 0.1) is 10.6 Å². The largest absolute Gasteiger partial charge is 0.481 e. The number of hydrogen-bond acceptors (Lipinski definition) is 7. The SMILES string of the molecule is CC(=O)O[C@@]12C[C@@H](CC[C@@]1(C)Oc1ccccc1)[C@](C)(CS(=O)(=O)c1ccccc1)OO2. The van der Waals surface area contributed by atoms with Crippen molar-refractivity contribution in [2.24, 2.45) is 5.92 Å². The zero-order valence-corrected chi connectivity index (χ0v) is 19.3. The van der Waals surface area contributed by atoms with E-state index in [-0.39, 0.29) is 23.0 Å². The van der Waals surface area contributed by atoms with Gasteiger partial charge in [-0.3, -0.25) is 4.79 Å². The lowest BCUT2D eigenvalue weighted by molar-refractivity contribution is -0.521. The van der Waals surface area contributed by atoms with Crippen LogP contribution in [0.2, 0.25) is 0 Å². The zero-order valence-electron chi connectivity index (χ0n) is 18.4. The molecule has 1 aliphatic heterocycles. The Hall–Kier alpha value is -2.42. The van der Waals surface area contributed by atoms with E-state index in [1.807, 2.05) is 37.3 Å². The second-order valence-electron chi connectivity index (χ2n) is 8.98. The van der Waals surface area contributed by atoms with Crippen molar-refractivity contribution in [2.75, 3.05) is 5.75 Å². The van der Waals surface area contributed by atoms with E-state index in [1.54, 1.807) is 37.3 Å². The van der Waals surface area contributed by atoms with E-state index in [4.69, 9.17) is 19.2 Å². The van der Waals surface area contributed by atoms with E-state index < -0.39 is 32.8 Å². The van der Waals surface area contributed by atoms with Crippen LogP contribution in [-0.4, -0.2) is 37.1 Å². The minimum Gasteiger partial charge on any atom is -0.481 e. The summed E-state index contributed by atoms with van der Waals surface area (Å²) in [6, 6.07) is 17.5. The monoisotopic (exact) mass is 460 g/mol. The zero-order chi connectivity index (χ0) is 23.0. The maximum absolute atomic E-state index is 13.0. The molecule has 1 heterocycles. The molecule has 2 aliphatic rings. The van der Waals surface area contributed by atoms with Gasteiger partial charge in [-0.15, -0.1) is 0 Å².